The summed E-state index contributed by atoms with van der Waals surface area (Å²) in [6, 6.07) is 4.67. The fraction of sp³-hybridized carbons (Fsp3) is 0.400. The first-order chi connectivity index (χ1) is 9.56. The number of amides is 1. The second kappa shape index (κ2) is 8.31. The van der Waals surface area contributed by atoms with Crippen LogP contribution >= 0.6 is 0 Å². The number of likely N-dealkylation sites (N-methyl/N-ethyl adjacent to an activating group) is 2. The lowest BCUT2D eigenvalue weighted by molar-refractivity contribution is -0.121. The Morgan fingerprint density at radius 1 is 1.50 bits per heavy atom. The van der Waals surface area contributed by atoms with E-state index < -0.39 is 0 Å². The van der Waals surface area contributed by atoms with Gasteiger partial charge in [-0.2, -0.15) is 0 Å². The predicted molar refractivity (Wildman–Crippen MR) is 75.4 cm³/mol. The Morgan fingerprint density at radius 3 is 2.85 bits per heavy atom. The Balaban J connectivity index is 2.66. The zero-order chi connectivity index (χ0) is 15.0. The first-order valence-electron chi connectivity index (χ1n) is 6.40. The molecule has 2 N–H and O–H groups in total. The minimum Gasteiger partial charge on any atom is -0.384 e. The van der Waals surface area contributed by atoms with Crippen LogP contribution in [0.5, 0.6) is 0 Å². The maximum Gasteiger partial charge on any atom is 0.234 e. The number of nitrogens with zero attached hydrogens (tertiary/aromatic N) is 1. The van der Waals surface area contributed by atoms with Crippen molar-refractivity contribution in [3.8, 4) is 11.8 Å². The molecule has 0 aliphatic rings. The third-order valence-electron chi connectivity index (χ3n) is 2.59. The van der Waals surface area contributed by atoms with E-state index in [-0.39, 0.29) is 24.9 Å². The topological polar surface area (TPSA) is 52.6 Å². The molecule has 5 heteroatoms. The summed E-state index contributed by atoms with van der Waals surface area (Å²) in [5.74, 6) is 4.67. The van der Waals surface area contributed by atoms with Gasteiger partial charge in [0.1, 0.15) is 12.4 Å². The first kappa shape index (κ1) is 16.2. The fourth-order valence-electron chi connectivity index (χ4n) is 1.74. The van der Waals surface area contributed by atoms with Gasteiger partial charge in [-0.15, -0.1) is 0 Å². The van der Waals surface area contributed by atoms with Crippen LogP contribution in [0.2, 0.25) is 0 Å². The molecule has 20 heavy (non-hydrogen) atoms. The van der Waals surface area contributed by atoms with Crippen LogP contribution in [0.4, 0.5) is 4.39 Å². The molecule has 0 aliphatic heterocycles. The SMILES string of the molecule is CCNC(=O)CN(C)Cc1ccc(C#CCO)cc1F. The molecule has 1 rings (SSSR count). The van der Waals surface area contributed by atoms with Crippen LogP contribution in [0.1, 0.15) is 18.1 Å². The van der Waals surface area contributed by atoms with Crippen molar-refractivity contribution in [3.05, 3.63) is 35.1 Å². The van der Waals surface area contributed by atoms with Gasteiger partial charge in [0.15, 0.2) is 0 Å². The molecule has 1 aromatic carbocycles. The molecular formula is C15H19FN2O2. The predicted octanol–water partition coefficient (Wildman–Crippen LogP) is 0.737. The van der Waals surface area contributed by atoms with Gasteiger partial charge in [0.2, 0.25) is 5.91 Å². The van der Waals surface area contributed by atoms with Gasteiger partial charge in [0.05, 0.1) is 6.54 Å². The van der Waals surface area contributed by atoms with E-state index in [1.54, 1.807) is 24.1 Å². The van der Waals surface area contributed by atoms with Crippen molar-refractivity contribution >= 4 is 5.91 Å². The number of aliphatic hydroxyl groups is 1. The Morgan fingerprint density at radius 2 is 2.25 bits per heavy atom. The van der Waals surface area contributed by atoms with Crippen LogP contribution in [0.15, 0.2) is 18.2 Å². The molecule has 0 fully saturated rings. The highest BCUT2D eigenvalue weighted by molar-refractivity contribution is 5.77. The van der Waals surface area contributed by atoms with E-state index in [1.807, 2.05) is 6.92 Å². The van der Waals surface area contributed by atoms with Crippen molar-refractivity contribution < 1.29 is 14.3 Å². The summed E-state index contributed by atoms with van der Waals surface area (Å²) in [5, 5.41) is 11.3. The number of hydrogen-bond acceptors (Lipinski definition) is 3. The molecule has 0 saturated heterocycles. The average Bonchev–Trinajstić information content (AvgIpc) is 2.39. The van der Waals surface area contributed by atoms with Crippen LogP contribution < -0.4 is 5.32 Å². The van der Waals surface area contributed by atoms with Gasteiger partial charge in [-0.25, -0.2) is 4.39 Å². The minimum atomic E-state index is -0.363. The van der Waals surface area contributed by atoms with E-state index in [4.69, 9.17) is 5.11 Å². The first-order valence-corrected chi connectivity index (χ1v) is 6.40. The van der Waals surface area contributed by atoms with Crippen molar-refractivity contribution in [1.82, 2.24) is 10.2 Å². The van der Waals surface area contributed by atoms with Crippen LogP contribution in [0, 0.1) is 17.7 Å². The molecule has 0 radical (unpaired) electrons. The monoisotopic (exact) mass is 278 g/mol. The third-order valence-corrected chi connectivity index (χ3v) is 2.59. The summed E-state index contributed by atoms with van der Waals surface area (Å²) in [7, 11) is 1.76. The van der Waals surface area contributed by atoms with Gasteiger partial charge < -0.3 is 10.4 Å². The zero-order valence-electron chi connectivity index (χ0n) is 11.7. The number of hydrogen-bond donors (Lipinski definition) is 2. The van der Waals surface area contributed by atoms with E-state index in [1.165, 1.54) is 6.07 Å². The van der Waals surface area contributed by atoms with Crippen molar-refractivity contribution in [3.63, 3.8) is 0 Å². The highest BCUT2D eigenvalue weighted by Gasteiger charge is 2.09. The highest BCUT2D eigenvalue weighted by atomic mass is 19.1. The molecule has 4 nitrogen and oxygen atoms in total. The second-order valence-corrected chi connectivity index (χ2v) is 4.39. The molecule has 0 aromatic heterocycles. The standard InChI is InChI=1S/C15H19FN2O2/c1-3-17-15(20)11-18(2)10-13-7-6-12(5-4-8-19)9-14(13)16/h6-7,9,19H,3,8,10-11H2,1-2H3,(H,17,20). The number of carbonyl (C=O) groups excluding carboxylic acids is 1. The van der Waals surface area contributed by atoms with Crippen molar-refractivity contribution in [2.45, 2.75) is 13.5 Å². The number of halogens is 1. The minimum absolute atomic E-state index is 0.0826. The third kappa shape index (κ3) is 5.39. The van der Waals surface area contributed by atoms with Gasteiger partial charge in [-0.05, 0) is 26.1 Å². The molecule has 0 spiro atoms. The Labute approximate surface area is 118 Å². The summed E-state index contributed by atoms with van der Waals surface area (Å²) >= 11 is 0. The molecule has 0 heterocycles. The Hall–Kier alpha value is -1.90. The lowest BCUT2D eigenvalue weighted by Crippen LogP contribution is -2.34. The van der Waals surface area contributed by atoms with E-state index in [2.05, 4.69) is 17.2 Å². The lowest BCUT2D eigenvalue weighted by atomic mass is 10.1. The number of rotatable bonds is 5. The summed E-state index contributed by atoms with van der Waals surface area (Å²) in [6.45, 7) is 2.75. The normalized spacial score (nSPS) is 10.1. The van der Waals surface area contributed by atoms with Crippen LogP contribution in [-0.2, 0) is 11.3 Å². The fourth-order valence-corrected chi connectivity index (χ4v) is 1.74. The molecule has 0 bridgehead atoms. The molecule has 0 atom stereocenters. The molecule has 0 aliphatic carbocycles. The van der Waals surface area contributed by atoms with Crippen molar-refractivity contribution in [2.75, 3.05) is 26.7 Å². The molecule has 1 aromatic rings. The largest absolute Gasteiger partial charge is 0.384 e. The van der Waals surface area contributed by atoms with Gasteiger partial charge in [0.25, 0.3) is 0 Å². The second-order valence-electron chi connectivity index (χ2n) is 4.39. The van der Waals surface area contributed by atoms with Crippen molar-refractivity contribution in [2.24, 2.45) is 0 Å². The van der Waals surface area contributed by atoms with E-state index in [9.17, 15) is 9.18 Å². The quantitative estimate of drug-likeness (QED) is 0.781. The van der Waals surface area contributed by atoms with Gasteiger partial charge >= 0.3 is 0 Å². The molecule has 0 unspecified atom stereocenters. The van der Waals surface area contributed by atoms with Crippen LogP contribution in [0.25, 0.3) is 0 Å². The maximum atomic E-state index is 13.9. The average molecular weight is 278 g/mol. The summed E-state index contributed by atoms with van der Waals surface area (Å²) in [5.41, 5.74) is 1.03. The van der Waals surface area contributed by atoms with Gasteiger partial charge in [-0.3, -0.25) is 9.69 Å². The zero-order valence-corrected chi connectivity index (χ0v) is 11.7. The Kier molecular flexibility index (Phi) is 6.71. The van der Waals surface area contributed by atoms with Crippen LogP contribution in [0.3, 0.4) is 0 Å². The number of aliphatic hydroxyl groups excluding tert-OH is 1. The number of carbonyl (C=O) groups is 1. The molecular weight excluding hydrogens is 259 g/mol. The summed E-state index contributed by atoms with van der Waals surface area (Å²) in [4.78, 5) is 13.2. The van der Waals surface area contributed by atoms with Crippen LogP contribution in [-0.4, -0.2) is 42.7 Å². The summed E-state index contributed by atoms with van der Waals surface area (Å²) < 4.78 is 13.9. The molecule has 0 saturated carbocycles. The smallest absolute Gasteiger partial charge is 0.234 e. The Bertz CT molecular complexity index is 520. The summed E-state index contributed by atoms with van der Waals surface area (Å²) in [6.07, 6.45) is 0. The van der Waals surface area contributed by atoms with E-state index in [0.29, 0.717) is 24.2 Å². The van der Waals surface area contributed by atoms with Crippen molar-refractivity contribution in [1.29, 1.82) is 0 Å². The molecule has 1 amide bonds. The van der Waals surface area contributed by atoms with E-state index >= 15 is 0 Å². The van der Waals surface area contributed by atoms with Gasteiger partial charge in [0, 0.05) is 24.2 Å². The highest BCUT2D eigenvalue weighted by Crippen LogP contribution is 2.11. The number of benzene rings is 1. The van der Waals surface area contributed by atoms with E-state index in [0.717, 1.165) is 0 Å². The lowest BCUT2D eigenvalue weighted by Gasteiger charge is -2.16. The molecule has 108 valence electrons. The van der Waals surface area contributed by atoms with Gasteiger partial charge in [-0.1, -0.05) is 17.9 Å². The maximum absolute atomic E-state index is 13.9. The number of nitrogens with one attached hydrogen (secondary N) is 1.